The Hall–Kier alpha value is -2.75. The molecule has 0 amide bonds. The van der Waals surface area contributed by atoms with Gasteiger partial charge in [-0.25, -0.2) is 4.79 Å². The molecule has 120 valence electrons. The van der Waals surface area contributed by atoms with Gasteiger partial charge in [0.15, 0.2) is 0 Å². The number of rotatable bonds is 7. The Morgan fingerprint density at radius 1 is 1.17 bits per heavy atom. The molecular formula is C19H20O4. The van der Waals surface area contributed by atoms with E-state index in [-0.39, 0.29) is 0 Å². The van der Waals surface area contributed by atoms with Crippen LogP contribution in [0.15, 0.2) is 48.5 Å². The first kappa shape index (κ1) is 16.6. The Morgan fingerprint density at radius 2 is 1.91 bits per heavy atom. The number of hydrogen-bond donors (Lipinski definition) is 1. The molecule has 0 aromatic heterocycles. The van der Waals surface area contributed by atoms with Gasteiger partial charge in [0.25, 0.3) is 0 Å². The smallest absolute Gasteiger partial charge is 0.328 e. The normalized spacial score (nSPS) is 10.7. The van der Waals surface area contributed by atoms with Crippen LogP contribution in [0, 0.1) is 0 Å². The first-order chi connectivity index (χ1) is 11.1. The van der Waals surface area contributed by atoms with E-state index in [1.165, 1.54) is 0 Å². The first-order valence-corrected chi connectivity index (χ1v) is 7.42. The fourth-order valence-electron chi connectivity index (χ4n) is 2.17. The van der Waals surface area contributed by atoms with Gasteiger partial charge in [-0.15, -0.1) is 0 Å². The van der Waals surface area contributed by atoms with Crippen LogP contribution in [0.2, 0.25) is 0 Å². The monoisotopic (exact) mass is 312 g/mol. The summed E-state index contributed by atoms with van der Waals surface area (Å²) >= 11 is 0. The SMILES string of the molecule is CCc1cc(/C=C/C(=O)O)ccc1OCc1ccc(OC)cc1. The lowest BCUT2D eigenvalue weighted by Crippen LogP contribution is -1.99. The third-order valence-corrected chi connectivity index (χ3v) is 3.44. The maximum absolute atomic E-state index is 10.6. The molecule has 2 aromatic rings. The molecule has 2 aromatic carbocycles. The molecule has 0 unspecified atom stereocenters. The van der Waals surface area contributed by atoms with Crippen molar-refractivity contribution in [1.82, 2.24) is 0 Å². The third-order valence-electron chi connectivity index (χ3n) is 3.44. The molecule has 2 rings (SSSR count). The molecule has 1 N–H and O–H groups in total. The minimum Gasteiger partial charge on any atom is -0.497 e. The van der Waals surface area contributed by atoms with Crippen LogP contribution in [0.3, 0.4) is 0 Å². The summed E-state index contributed by atoms with van der Waals surface area (Å²) in [6.45, 7) is 2.52. The highest BCUT2D eigenvalue weighted by Gasteiger charge is 2.04. The van der Waals surface area contributed by atoms with Crippen LogP contribution in [-0.2, 0) is 17.8 Å². The number of aryl methyl sites for hydroxylation is 1. The number of aliphatic carboxylic acids is 1. The van der Waals surface area contributed by atoms with Crippen LogP contribution < -0.4 is 9.47 Å². The standard InChI is InChI=1S/C19H20O4/c1-3-16-12-14(7-11-19(20)21)6-10-18(16)23-13-15-4-8-17(22-2)9-5-15/h4-12H,3,13H2,1-2H3,(H,20,21)/b11-7+. The van der Waals surface area contributed by atoms with Crippen LogP contribution in [0.5, 0.6) is 11.5 Å². The molecule has 23 heavy (non-hydrogen) atoms. The molecule has 4 nitrogen and oxygen atoms in total. The molecule has 0 heterocycles. The summed E-state index contributed by atoms with van der Waals surface area (Å²) in [5.74, 6) is 0.677. The summed E-state index contributed by atoms with van der Waals surface area (Å²) in [5.41, 5.74) is 2.95. The van der Waals surface area contributed by atoms with Crippen LogP contribution in [0.25, 0.3) is 6.08 Å². The van der Waals surface area contributed by atoms with Crippen molar-refractivity contribution in [2.24, 2.45) is 0 Å². The number of carboxylic acid groups (broad SMARTS) is 1. The van der Waals surface area contributed by atoms with Gasteiger partial charge in [0.05, 0.1) is 7.11 Å². The van der Waals surface area contributed by atoms with Crippen molar-refractivity contribution in [1.29, 1.82) is 0 Å². The van der Waals surface area contributed by atoms with Crippen molar-refractivity contribution >= 4 is 12.0 Å². The van der Waals surface area contributed by atoms with Crippen molar-refractivity contribution in [3.63, 3.8) is 0 Å². The minimum absolute atomic E-state index is 0.474. The number of methoxy groups -OCH3 is 1. The molecule has 0 radical (unpaired) electrons. The zero-order valence-electron chi connectivity index (χ0n) is 13.3. The molecule has 0 aliphatic carbocycles. The van der Waals surface area contributed by atoms with Gasteiger partial charge < -0.3 is 14.6 Å². The van der Waals surface area contributed by atoms with Crippen LogP contribution in [0.1, 0.15) is 23.6 Å². The summed E-state index contributed by atoms with van der Waals surface area (Å²) in [7, 11) is 1.64. The van der Waals surface area contributed by atoms with Crippen molar-refractivity contribution in [3.05, 3.63) is 65.2 Å². The summed E-state index contributed by atoms with van der Waals surface area (Å²) < 4.78 is 11.0. The van der Waals surface area contributed by atoms with E-state index in [2.05, 4.69) is 0 Å². The van der Waals surface area contributed by atoms with Crippen LogP contribution >= 0.6 is 0 Å². The van der Waals surface area contributed by atoms with E-state index in [1.54, 1.807) is 13.2 Å². The van der Waals surface area contributed by atoms with E-state index in [0.29, 0.717) is 6.61 Å². The zero-order chi connectivity index (χ0) is 16.7. The lowest BCUT2D eigenvalue weighted by Gasteiger charge is -2.12. The van der Waals surface area contributed by atoms with Gasteiger partial charge in [-0.1, -0.05) is 25.1 Å². The van der Waals surface area contributed by atoms with E-state index < -0.39 is 5.97 Å². The number of ether oxygens (including phenoxy) is 2. The number of hydrogen-bond acceptors (Lipinski definition) is 3. The quantitative estimate of drug-likeness (QED) is 0.787. The Bertz CT molecular complexity index is 687. The largest absolute Gasteiger partial charge is 0.497 e. The predicted octanol–water partition coefficient (Wildman–Crippen LogP) is 3.93. The Kier molecular flexibility index (Phi) is 5.80. The molecule has 0 spiro atoms. The first-order valence-electron chi connectivity index (χ1n) is 7.42. The maximum atomic E-state index is 10.6. The van der Waals surface area contributed by atoms with E-state index in [9.17, 15) is 4.79 Å². The van der Waals surface area contributed by atoms with Crippen LogP contribution in [-0.4, -0.2) is 18.2 Å². The van der Waals surface area contributed by atoms with Crippen molar-refractivity contribution in [3.8, 4) is 11.5 Å². The highest BCUT2D eigenvalue weighted by atomic mass is 16.5. The van der Waals surface area contributed by atoms with Gasteiger partial charge in [-0.2, -0.15) is 0 Å². The molecule has 0 aliphatic rings. The maximum Gasteiger partial charge on any atom is 0.328 e. The minimum atomic E-state index is -0.956. The Labute approximate surface area is 136 Å². The average Bonchev–Trinajstić information content (AvgIpc) is 2.58. The summed E-state index contributed by atoms with van der Waals surface area (Å²) in [6.07, 6.45) is 3.52. The number of carbonyl (C=O) groups is 1. The van der Waals surface area contributed by atoms with Gasteiger partial charge in [0.1, 0.15) is 18.1 Å². The third kappa shape index (κ3) is 4.88. The Balaban J connectivity index is 2.08. The van der Waals surface area contributed by atoms with E-state index in [0.717, 1.165) is 40.7 Å². The van der Waals surface area contributed by atoms with Gasteiger partial charge in [0.2, 0.25) is 0 Å². The molecule has 0 atom stereocenters. The van der Waals surface area contributed by atoms with E-state index in [4.69, 9.17) is 14.6 Å². The lowest BCUT2D eigenvalue weighted by molar-refractivity contribution is -0.131. The van der Waals surface area contributed by atoms with Gasteiger partial charge in [0, 0.05) is 6.08 Å². The van der Waals surface area contributed by atoms with Gasteiger partial charge in [-0.3, -0.25) is 0 Å². The topological polar surface area (TPSA) is 55.8 Å². The molecular weight excluding hydrogens is 292 g/mol. The second-order valence-corrected chi connectivity index (χ2v) is 5.03. The lowest BCUT2D eigenvalue weighted by atomic mass is 10.1. The van der Waals surface area contributed by atoms with Crippen LogP contribution in [0.4, 0.5) is 0 Å². The molecule has 0 saturated heterocycles. The van der Waals surface area contributed by atoms with E-state index in [1.807, 2.05) is 49.4 Å². The predicted molar refractivity (Wildman–Crippen MR) is 89.8 cm³/mol. The fraction of sp³-hybridized carbons (Fsp3) is 0.211. The van der Waals surface area contributed by atoms with Crippen molar-refractivity contribution in [2.75, 3.05) is 7.11 Å². The molecule has 0 bridgehead atoms. The summed E-state index contributed by atoms with van der Waals surface area (Å²) in [5, 5.41) is 8.68. The average molecular weight is 312 g/mol. The molecule has 0 fully saturated rings. The van der Waals surface area contributed by atoms with E-state index >= 15 is 0 Å². The zero-order valence-corrected chi connectivity index (χ0v) is 13.3. The fourth-order valence-corrected chi connectivity index (χ4v) is 2.17. The van der Waals surface area contributed by atoms with Crippen molar-refractivity contribution < 1.29 is 19.4 Å². The molecule has 4 heteroatoms. The second-order valence-electron chi connectivity index (χ2n) is 5.03. The van der Waals surface area contributed by atoms with Gasteiger partial charge in [-0.05, 0) is 53.5 Å². The Morgan fingerprint density at radius 3 is 2.52 bits per heavy atom. The highest BCUT2D eigenvalue weighted by Crippen LogP contribution is 2.23. The van der Waals surface area contributed by atoms with Gasteiger partial charge >= 0.3 is 5.97 Å². The second kappa shape index (κ2) is 8.03. The highest BCUT2D eigenvalue weighted by molar-refractivity contribution is 5.85. The number of carboxylic acids is 1. The van der Waals surface area contributed by atoms with Crippen molar-refractivity contribution in [2.45, 2.75) is 20.0 Å². The summed E-state index contributed by atoms with van der Waals surface area (Å²) in [6, 6.07) is 13.4. The summed E-state index contributed by atoms with van der Waals surface area (Å²) in [4.78, 5) is 10.6. The number of benzene rings is 2. The molecule has 0 aliphatic heterocycles. The molecule has 0 saturated carbocycles.